The number of pyridine rings is 1. The molecule has 1 aromatic carbocycles. The van der Waals surface area contributed by atoms with E-state index < -0.39 is 0 Å². The summed E-state index contributed by atoms with van der Waals surface area (Å²) in [5.41, 5.74) is 3.44. The molecule has 5 nitrogen and oxygen atoms in total. The molecule has 1 atom stereocenters. The summed E-state index contributed by atoms with van der Waals surface area (Å²) in [7, 11) is 0. The van der Waals surface area contributed by atoms with Crippen molar-refractivity contribution < 1.29 is 4.79 Å². The zero-order chi connectivity index (χ0) is 17.2. The van der Waals surface area contributed by atoms with Gasteiger partial charge in [0.05, 0.1) is 12.1 Å². The third kappa shape index (κ3) is 4.17. The average Bonchev–Trinajstić information content (AvgIpc) is 2.62. The summed E-state index contributed by atoms with van der Waals surface area (Å²) in [6.45, 7) is 7.32. The fourth-order valence-electron chi connectivity index (χ4n) is 4.07. The van der Waals surface area contributed by atoms with E-state index in [1.165, 1.54) is 10.9 Å². The van der Waals surface area contributed by atoms with E-state index in [-0.39, 0.29) is 18.3 Å². The predicted octanol–water partition coefficient (Wildman–Crippen LogP) is 2.36. The van der Waals surface area contributed by atoms with Crippen LogP contribution in [0.15, 0.2) is 30.3 Å². The molecule has 0 bridgehead atoms. The molecule has 3 heterocycles. The minimum Gasteiger partial charge on any atom is -0.336 e. The molecule has 140 valence electrons. The van der Waals surface area contributed by atoms with Crippen LogP contribution in [0.1, 0.15) is 24.1 Å². The maximum Gasteiger partial charge on any atom is 0.236 e. The lowest BCUT2D eigenvalue weighted by atomic mass is 10.0. The van der Waals surface area contributed by atoms with Gasteiger partial charge in [0.1, 0.15) is 0 Å². The summed E-state index contributed by atoms with van der Waals surface area (Å²) < 4.78 is 0. The van der Waals surface area contributed by atoms with Gasteiger partial charge in [-0.2, -0.15) is 0 Å². The second-order valence-corrected chi connectivity index (χ2v) is 7.27. The van der Waals surface area contributed by atoms with Crippen LogP contribution in [-0.2, 0) is 11.3 Å². The largest absolute Gasteiger partial charge is 0.336 e. The first-order valence-electron chi connectivity index (χ1n) is 9.28. The van der Waals surface area contributed by atoms with E-state index in [1.54, 1.807) is 0 Å². The molecule has 6 heteroatoms. The molecule has 0 saturated carbocycles. The number of aromatic nitrogens is 1. The van der Waals surface area contributed by atoms with Crippen molar-refractivity contribution in [3.05, 3.63) is 41.6 Å². The van der Waals surface area contributed by atoms with Crippen molar-refractivity contribution >= 4 is 29.2 Å². The van der Waals surface area contributed by atoms with Crippen molar-refractivity contribution in [2.75, 3.05) is 32.7 Å². The topological polar surface area (TPSA) is 48.5 Å². The molecule has 2 aromatic rings. The van der Waals surface area contributed by atoms with E-state index in [2.05, 4.69) is 50.4 Å². The molecular formula is C20H27ClN4O. The predicted molar refractivity (Wildman–Crippen MR) is 107 cm³/mol. The number of aryl methyl sites for hydroxylation is 1. The van der Waals surface area contributed by atoms with E-state index >= 15 is 0 Å². The lowest BCUT2D eigenvalue weighted by molar-refractivity contribution is -0.135. The SMILES string of the molecule is Cc1ccc2cc(CN3CCCC(N4CCNCC4=O)C3)ccc2n1.Cl. The van der Waals surface area contributed by atoms with Crippen LogP contribution >= 0.6 is 12.4 Å². The number of benzene rings is 1. The molecule has 2 fully saturated rings. The van der Waals surface area contributed by atoms with Crippen LogP contribution in [0.25, 0.3) is 10.9 Å². The smallest absolute Gasteiger partial charge is 0.236 e. The highest BCUT2D eigenvalue weighted by molar-refractivity contribution is 5.85. The molecule has 1 unspecified atom stereocenters. The number of hydrogen-bond donors (Lipinski definition) is 1. The van der Waals surface area contributed by atoms with Gasteiger partial charge in [-0.1, -0.05) is 12.1 Å². The average molecular weight is 375 g/mol. The number of nitrogens with one attached hydrogen (secondary N) is 1. The Morgan fingerprint density at radius 1 is 1.23 bits per heavy atom. The Labute approximate surface area is 161 Å². The summed E-state index contributed by atoms with van der Waals surface area (Å²) in [6, 6.07) is 11.2. The lowest BCUT2D eigenvalue weighted by Crippen LogP contribution is -2.56. The number of hydrogen-bond acceptors (Lipinski definition) is 4. The molecule has 1 amide bonds. The number of halogens is 1. The number of nitrogens with zero attached hydrogens (tertiary/aromatic N) is 3. The monoisotopic (exact) mass is 374 g/mol. The van der Waals surface area contributed by atoms with Gasteiger partial charge in [-0.15, -0.1) is 12.4 Å². The minimum absolute atomic E-state index is 0. The van der Waals surface area contributed by atoms with Crippen LogP contribution in [0.4, 0.5) is 0 Å². The highest BCUT2D eigenvalue weighted by atomic mass is 35.5. The first-order chi connectivity index (χ1) is 12.2. The Balaban J connectivity index is 0.00000196. The molecule has 2 aliphatic rings. The Bertz CT molecular complexity index is 781. The van der Waals surface area contributed by atoms with Crippen molar-refractivity contribution in [3.63, 3.8) is 0 Å². The van der Waals surface area contributed by atoms with E-state index in [0.717, 1.165) is 56.8 Å². The Hall–Kier alpha value is -1.69. The number of carbonyl (C=O) groups excluding carboxylic acids is 1. The van der Waals surface area contributed by atoms with Crippen molar-refractivity contribution in [2.24, 2.45) is 0 Å². The number of likely N-dealkylation sites (tertiary alicyclic amines) is 1. The fraction of sp³-hybridized carbons (Fsp3) is 0.500. The molecule has 4 rings (SSSR count). The number of carbonyl (C=O) groups is 1. The molecule has 2 saturated heterocycles. The van der Waals surface area contributed by atoms with Crippen molar-refractivity contribution in [1.82, 2.24) is 20.1 Å². The van der Waals surface area contributed by atoms with Gasteiger partial charge in [0.25, 0.3) is 0 Å². The number of amides is 1. The maximum atomic E-state index is 12.2. The molecular weight excluding hydrogens is 348 g/mol. The normalized spacial score (nSPS) is 21.7. The molecule has 26 heavy (non-hydrogen) atoms. The van der Waals surface area contributed by atoms with Crippen molar-refractivity contribution in [1.29, 1.82) is 0 Å². The zero-order valence-corrected chi connectivity index (χ0v) is 16.1. The Morgan fingerprint density at radius 2 is 2.12 bits per heavy atom. The molecule has 0 spiro atoms. The fourth-order valence-corrected chi connectivity index (χ4v) is 4.07. The molecule has 0 radical (unpaired) electrons. The Kier molecular flexibility index (Phi) is 6.12. The number of piperidine rings is 1. The van der Waals surface area contributed by atoms with Crippen LogP contribution < -0.4 is 5.32 Å². The van der Waals surface area contributed by atoms with Crippen molar-refractivity contribution in [3.8, 4) is 0 Å². The minimum atomic E-state index is 0. The quantitative estimate of drug-likeness (QED) is 0.896. The van der Waals surface area contributed by atoms with Crippen LogP contribution in [-0.4, -0.2) is 59.5 Å². The van der Waals surface area contributed by atoms with E-state index in [9.17, 15) is 4.79 Å². The van der Waals surface area contributed by atoms with Crippen LogP contribution in [0.2, 0.25) is 0 Å². The second-order valence-electron chi connectivity index (χ2n) is 7.27. The van der Waals surface area contributed by atoms with E-state index in [4.69, 9.17) is 0 Å². The zero-order valence-electron chi connectivity index (χ0n) is 15.3. The lowest BCUT2D eigenvalue weighted by Gasteiger charge is -2.41. The third-order valence-electron chi connectivity index (χ3n) is 5.35. The summed E-state index contributed by atoms with van der Waals surface area (Å²) in [5.74, 6) is 0.255. The molecule has 1 N–H and O–H groups in total. The highest BCUT2D eigenvalue weighted by Crippen LogP contribution is 2.21. The van der Waals surface area contributed by atoms with Gasteiger partial charge in [-0.3, -0.25) is 14.7 Å². The first-order valence-corrected chi connectivity index (χ1v) is 9.28. The third-order valence-corrected chi connectivity index (χ3v) is 5.35. The van der Waals surface area contributed by atoms with E-state index in [0.29, 0.717) is 12.6 Å². The number of rotatable bonds is 3. The van der Waals surface area contributed by atoms with Crippen LogP contribution in [0.3, 0.4) is 0 Å². The summed E-state index contributed by atoms with van der Waals surface area (Å²) in [6.07, 6.45) is 2.29. The number of piperazine rings is 1. The first kappa shape index (κ1) is 19.1. The van der Waals surface area contributed by atoms with Gasteiger partial charge in [0, 0.05) is 43.3 Å². The van der Waals surface area contributed by atoms with Gasteiger partial charge in [-0.25, -0.2) is 0 Å². The highest BCUT2D eigenvalue weighted by Gasteiger charge is 2.29. The second kappa shape index (κ2) is 8.33. The van der Waals surface area contributed by atoms with Crippen LogP contribution in [0.5, 0.6) is 0 Å². The van der Waals surface area contributed by atoms with Gasteiger partial charge in [0.15, 0.2) is 0 Å². The summed E-state index contributed by atoms with van der Waals surface area (Å²) >= 11 is 0. The molecule has 2 aliphatic heterocycles. The van der Waals surface area contributed by atoms with Crippen LogP contribution in [0, 0.1) is 6.92 Å². The number of fused-ring (bicyclic) bond motifs is 1. The van der Waals surface area contributed by atoms with E-state index in [1.807, 2.05) is 6.92 Å². The van der Waals surface area contributed by atoms with Gasteiger partial charge in [-0.05, 0) is 50.1 Å². The summed E-state index contributed by atoms with van der Waals surface area (Å²) in [5, 5.41) is 4.37. The maximum absolute atomic E-state index is 12.2. The summed E-state index contributed by atoms with van der Waals surface area (Å²) in [4.78, 5) is 21.3. The van der Waals surface area contributed by atoms with Crippen molar-refractivity contribution in [2.45, 2.75) is 32.4 Å². The molecule has 1 aromatic heterocycles. The Morgan fingerprint density at radius 3 is 2.96 bits per heavy atom. The molecule has 0 aliphatic carbocycles. The van der Waals surface area contributed by atoms with Gasteiger partial charge < -0.3 is 10.2 Å². The van der Waals surface area contributed by atoms with Gasteiger partial charge in [0.2, 0.25) is 5.91 Å². The standard InChI is InChI=1S/C20H26N4O.ClH/c1-15-4-6-17-11-16(5-7-19(17)22-15)13-23-9-2-3-18(14-23)24-10-8-21-12-20(24)25;/h4-7,11,18,21H,2-3,8-10,12-14H2,1H3;1H. The van der Waals surface area contributed by atoms with Gasteiger partial charge >= 0.3 is 0 Å².